The van der Waals surface area contributed by atoms with Crippen LogP contribution in [0.15, 0.2) is 0 Å². The van der Waals surface area contributed by atoms with E-state index < -0.39 is 27.5 Å². The largest absolute Gasteiger partial charge is 3.00 e. The van der Waals surface area contributed by atoms with Crippen LogP contribution in [0.4, 0.5) is 0 Å². The molecule has 16 heavy (non-hydrogen) atoms. The molecule has 0 N–H and O–H groups in total. The summed E-state index contributed by atoms with van der Waals surface area (Å²) >= 11 is 0. The molecule has 0 saturated carbocycles. The average molecular weight is 461 g/mol. The van der Waals surface area contributed by atoms with Gasteiger partial charge in [-0.25, -0.2) is 0 Å². The molecule has 9 nitrogen and oxygen atoms in total. The molecular weight excluding hydrogens is 457 g/mol. The molecule has 0 heterocycles. The molecule has 0 aliphatic heterocycles. The van der Waals surface area contributed by atoms with E-state index in [1.165, 1.54) is 0 Å². The molecule has 0 aromatic carbocycles. The van der Waals surface area contributed by atoms with Crippen LogP contribution in [-0.2, 0) is 13.4 Å². The van der Waals surface area contributed by atoms with E-state index in [1.54, 1.807) is 0 Å². The fraction of sp³-hybridized carbons (Fsp3) is 0. The number of hydrogen-bond donors (Lipinski definition) is 0. The van der Waals surface area contributed by atoms with Crippen molar-refractivity contribution in [3.05, 3.63) is 0 Å². The zero-order valence-corrected chi connectivity index (χ0v) is 20.0. The molecular formula is H4Al2O9Si3Sr2. The van der Waals surface area contributed by atoms with Gasteiger partial charge in [-0.1, -0.05) is 0 Å². The first-order valence-corrected chi connectivity index (χ1v) is 5.51. The van der Waals surface area contributed by atoms with Gasteiger partial charge in [-0.15, -0.1) is 0 Å². The fourth-order valence-electron chi connectivity index (χ4n) is 0. The van der Waals surface area contributed by atoms with Crippen molar-refractivity contribution in [3.8, 4) is 0 Å². The maximum absolute atomic E-state index is 8.52. The smallest absolute Gasteiger partial charge is 1.00 e. The van der Waals surface area contributed by atoms with Crippen molar-refractivity contribution in [3.63, 3.8) is 0 Å². The third-order valence-corrected chi connectivity index (χ3v) is 0. The SMILES string of the molecule is O=[Si]([O-])[O-].O=[Si]([O-])[O-].O=[Si]([O-])[O-].[Al+3].[Al+3].[H-].[H-].[H-].[H-].[Sr+2].[Sr+2]. The van der Waals surface area contributed by atoms with E-state index in [4.69, 9.17) is 42.2 Å². The van der Waals surface area contributed by atoms with Crippen LogP contribution in [-0.4, -0.2) is 153 Å². The van der Waals surface area contributed by atoms with Crippen LogP contribution in [0.3, 0.4) is 0 Å². The van der Waals surface area contributed by atoms with E-state index in [0.29, 0.717) is 0 Å². The van der Waals surface area contributed by atoms with Crippen LogP contribution in [0.5, 0.6) is 0 Å². The van der Waals surface area contributed by atoms with E-state index >= 15 is 0 Å². The number of rotatable bonds is 0. The van der Waals surface area contributed by atoms with Gasteiger partial charge in [-0.2, -0.15) is 0 Å². The average Bonchev–Trinajstić information content (AvgIpc) is 1.54. The molecule has 0 amide bonds. The van der Waals surface area contributed by atoms with Gasteiger partial charge in [-0.05, 0) is 0 Å². The standard InChI is InChI=1S/2Al.3O3Si.2Sr.4H/c;;3*1-4(2)3;;;;;;/q2*+3;3*-2;2*+2;4*-1. The second kappa shape index (κ2) is 36.1. The summed E-state index contributed by atoms with van der Waals surface area (Å²) in [6.45, 7) is 0. The minimum atomic E-state index is -3.63. The van der Waals surface area contributed by atoms with Crippen molar-refractivity contribution in [1.29, 1.82) is 0 Å². The van der Waals surface area contributed by atoms with Gasteiger partial charge in [-0.3, -0.25) is 0 Å². The van der Waals surface area contributed by atoms with Crippen molar-refractivity contribution in [2.24, 2.45) is 0 Å². The van der Waals surface area contributed by atoms with Gasteiger partial charge >= 0.3 is 126 Å². The van der Waals surface area contributed by atoms with Crippen molar-refractivity contribution in [1.82, 2.24) is 0 Å². The van der Waals surface area contributed by atoms with Crippen molar-refractivity contribution < 1.29 is 47.9 Å². The molecule has 0 spiro atoms. The maximum Gasteiger partial charge on any atom is 3.00 e. The van der Waals surface area contributed by atoms with E-state index in [9.17, 15) is 0 Å². The summed E-state index contributed by atoms with van der Waals surface area (Å²) in [5.41, 5.74) is 0. The topological polar surface area (TPSA) is 190 Å². The Labute approximate surface area is 197 Å². The van der Waals surface area contributed by atoms with Crippen LogP contribution in [0, 0.1) is 0 Å². The van der Waals surface area contributed by atoms with Gasteiger partial charge in [0.1, 0.15) is 0 Å². The summed E-state index contributed by atoms with van der Waals surface area (Å²) < 4.78 is 25.6. The molecule has 0 atom stereocenters. The minimum absolute atomic E-state index is 0. The summed E-state index contributed by atoms with van der Waals surface area (Å²) in [4.78, 5) is 51.1. The Morgan fingerprint density at radius 1 is 0.562 bits per heavy atom. The van der Waals surface area contributed by atoms with Crippen LogP contribution < -0.4 is 28.8 Å². The van der Waals surface area contributed by atoms with Gasteiger partial charge in [0.2, 0.25) is 0 Å². The number of hydrogen-bond acceptors (Lipinski definition) is 9. The zero-order chi connectivity index (χ0) is 10.7. The first-order valence-electron chi connectivity index (χ1n) is 1.84. The van der Waals surface area contributed by atoms with Gasteiger partial charge in [0.25, 0.3) is 0 Å². The maximum atomic E-state index is 8.52. The molecule has 0 fully saturated rings. The minimum Gasteiger partial charge on any atom is -1.00 e. The third kappa shape index (κ3) is 514. The molecule has 0 aromatic rings. The van der Waals surface area contributed by atoms with E-state index in [-0.39, 0.29) is 131 Å². The van der Waals surface area contributed by atoms with Crippen molar-refractivity contribution in [2.45, 2.75) is 0 Å². The quantitative estimate of drug-likeness (QED) is 0.315. The Balaban J connectivity index is -0.00000000562. The molecule has 80 valence electrons. The molecule has 0 aliphatic rings. The van der Waals surface area contributed by atoms with Crippen LogP contribution in [0.2, 0.25) is 0 Å². The van der Waals surface area contributed by atoms with E-state index in [1.807, 2.05) is 0 Å². The second-order valence-corrected chi connectivity index (χ2v) is 2.25. The summed E-state index contributed by atoms with van der Waals surface area (Å²) in [7, 11) is -10.9. The summed E-state index contributed by atoms with van der Waals surface area (Å²) in [5.74, 6) is 0. The first kappa shape index (κ1) is 42.8. The molecule has 0 rings (SSSR count). The second-order valence-electron chi connectivity index (χ2n) is 0.750. The molecule has 0 bridgehead atoms. The monoisotopic (exact) mass is 462 g/mol. The predicted octanol–water partition coefficient (Wildman–Crippen LogP) is -9.71. The predicted molar refractivity (Wildman–Crippen MR) is 46.8 cm³/mol. The van der Waals surface area contributed by atoms with E-state index in [2.05, 4.69) is 0 Å². The van der Waals surface area contributed by atoms with Crippen molar-refractivity contribution >= 4 is 153 Å². The van der Waals surface area contributed by atoms with E-state index in [0.717, 1.165) is 0 Å². The Morgan fingerprint density at radius 2 is 0.562 bits per heavy atom. The Morgan fingerprint density at radius 3 is 0.562 bits per heavy atom. The van der Waals surface area contributed by atoms with Gasteiger partial charge < -0.3 is 47.9 Å². The van der Waals surface area contributed by atoms with Crippen LogP contribution in [0.1, 0.15) is 5.71 Å². The van der Waals surface area contributed by atoms with Gasteiger partial charge in [0.05, 0.1) is 0 Å². The van der Waals surface area contributed by atoms with Crippen LogP contribution >= 0.6 is 0 Å². The molecule has 0 radical (unpaired) electrons. The third-order valence-electron chi connectivity index (χ3n) is 0. The molecule has 0 unspecified atom stereocenters. The van der Waals surface area contributed by atoms with Gasteiger partial charge in [0.15, 0.2) is 0 Å². The van der Waals surface area contributed by atoms with Gasteiger partial charge in [0, 0.05) is 27.5 Å². The first-order chi connectivity index (χ1) is 5.20. The Bertz CT molecular complexity index is 139. The summed E-state index contributed by atoms with van der Waals surface area (Å²) in [6.07, 6.45) is 0. The Kier molecular flexibility index (Phi) is 96.5. The fourth-order valence-corrected chi connectivity index (χ4v) is 0. The molecule has 0 aromatic heterocycles. The van der Waals surface area contributed by atoms with Crippen LogP contribution in [0.25, 0.3) is 0 Å². The normalized spacial score (nSPS) is 4.50. The Hall–Kier alpha value is 2.88. The zero-order valence-electron chi connectivity index (χ0n) is 11.7. The molecule has 16 heteroatoms. The summed E-state index contributed by atoms with van der Waals surface area (Å²) in [6, 6.07) is 0. The molecule has 0 saturated heterocycles. The van der Waals surface area contributed by atoms with Crippen molar-refractivity contribution in [2.75, 3.05) is 0 Å². The summed E-state index contributed by atoms with van der Waals surface area (Å²) in [5, 5.41) is 0. The molecule has 0 aliphatic carbocycles.